The minimum absolute atomic E-state index is 0.0277. The number of benzene rings is 3. The molecule has 1 amide bonds. The lowest BCUT2D eigenvalue weighted by atomic mass is 9.95. The lowest BCUT2D eigenvalue weighted by Gasteiger charge is -2.22. The van der Waals surface area contributed by atoms with Gasteiger partial charge in [-0.1, -0.05) is 99.7 Å². The van der Waals surface area contributed by atoms with Crippen molar-refractivity contribution in [2.45, 2.75) is 16.1 Å². The smallest absolute Gasteiger partial charge is 0.301 e. The van der Waals surface area contributed by atoms with Gasteiger partial charge in [0.2, 0.25) is 5.13 Å². The van der Waals surface area contributed by atoms with Crippen molar-refractivity contribution in [2.24, 2.45) is 0 Å². The molecule has 1 aliphatic heterocycles. The Morgan fingerprint density at radius 2 is 1.78 bits per heavy atom. The van der Waals surface area contributed by atoms with E-state index in [2.05, 4.69) is 26.1 Å². The second-order valence-electron chi connectivity index (χ2n) is 7.82. The molecule has 3 aromatic carbocycles. The number of aliphatic hydroxyl groups is 1. The second kappa shape index (κ2) is 10.3. The van der Waals surface area contributed by atoms with Crippen LogP contribution in [0.25, 0.3) is 5.76 Å². The molecule has 4 aromatic rings. The van der Waals surface area contributed by atoms with Crippen LogP contribution >= 0.6 is 39.0 Å². The van der Waals surface area contributed by atoms with Crippen LogP contribution in [0.2, 0.25) is 0 Å². The number of aromatic nitrogens is 2. The molecule has 0 saturated carbocycles. The number of carbonyl (C=O) groups excluding carboxylic acids is 2. The van der Waals surface area contributed by atoms with E-state index in [1.165, 1.54) is 22.7 Å². The standard InChI is InChI=1S/C26H17BrFN3O3S2/c27-18-11-6-10-16(13-18)21-20(22(32)15-7-2-1-3-8-15)23(33)24(34)31(21)25-29-30-26(36-25)35-14-17-9-4-5-12-19(17)28/h1-13,21,32H,14H2/b22-20-. The van der Waals surface area contributed by atoms with Crippen LogP contribution in [0, 0.1) is 5.82 Å². The number of carbonyl (C=O) groups is 2. The van der Waals surface area contributed by atoms with E-state index in [0.29, 0.717) is 26.8 Å². The lowest BCUT2D eigenvalue weighted by molar-refractivity contribution is -0.132. The predicted octanol–water partition coefficient (Wildman–Crippen LogP) is 6.36. The molecule has 1 atom stereocenters. The fourth-order valence-corrected chi connectivity index (χ4v) is 6.16. The van der Waals surface area contributed by atoms with Gasteiger partial charge in [-0.2, -0.15) is 0 Å². The van der Waals surface area contributed by atoms with Gasteiger partial charge in [-0.25, -0.2) is 4.39 Å². The molecule has 1 unspecified atom stereocenters. The van der Waals surface area contributed by atoms with E-state index in [9.17, 15) is 19.1 Å². The molecule has 1 aromatic heterocycles. The number of hydrogen-bond donors (Lipinski definition) is 1. The van der Waals surface area contributed by atoms with Crippen molar-refractivity contribution in [2.75, 3.05) is 4.90 Å². The van der Waals surface area contributed by atoms with Gasteiger partial charge in [0.05, 0.1) is 11.6 Å². The van der Waals surface area contributed by atoms with Gasteiger partial charge < -0.3 is 5.11 Å². The summed E-state index contributed by atoms with van der Waals surface area (Å²) in [6.07, 6.45) is 0. The summed E-state index contributed by atoms with van der Waals surface area (Å²) in [7, 11) is 0. The van der Waals surface area contributed by atoms with Gasteiger partial charge in [0.1, 0.15) is 11.6 Å². The molecule has 2 heterocycles. The van der Waals surface area contributed by atoms with E-state index in [-0.39, 0.29) is 22.3 Å². The Balaban J connectivity index is 1.54. The van der Waals surface area contributed by atoms with Gasteiger partial charge in [-0.3, -0.25) is 14.5 Å². The molecular formula is C26H17BrFN3O3S2. The molecule has 36 heavy (non-hydrogen) atoms. The van der Waals surface area contributed by atoms with Gasteiger partial charge in [0.25, 0.3) is 5.78 Å². The quantitative estimate of drug-likeness (QED) is 0.0937. The Morgan fingerprint density at radius 1 is 1.03 bits per heavy atom. The first kappa shape index (κ1) is 24.4. The summed E-state index contributed by atoms with van der Waals surface area (Å²) in [5.41, 5.74) is 1.54. The third-order valence-electron chi connectivity index (χ3n) is 5.57. The molecule has 5 rings (SSSR count). The summed E-state index contributed by atoms with van der Waals surface area (Å²) in [6, 6.07) is 21.4. The molecule has 0 spiro atoms. The summed E-state index contributed by atoms with van der Waals surface area (Å²) in [6.45, 7) is 0. The molecule has 0 aliphatic carbocycles. The molecule has 10 heteroatoms. The van der Waals surface area contributed by atoms with Crippen molar-refractivity contribution in [1.29, 1.82) is 0 Å². The Hall–Kier alpha value is -3.34. The van der Waals surface area contributed by atoms with Gasteiger partial charge >= 0.3 is 5.91 Å². The molecule has 6 nitrogen and oxygen atoms in total. The van der Waals surface area contributed by atoms with Crippen LogP contribution < -0.4 is 4.90 Å². The van der Waals surface area contributed by atoms with Crippen LogP contribution in [0.1, 0.15) is 22.7 Å². The summed E-state index contributed by atoms with van der Waals surface area (Å²) < 4.78 is 15.3. The fraction of sp³-hybridized carbons (Fsp3) is 0.0769. The number of aliphatic hydroxyl groups excluding tert-OH is 1. The number of amides is 1. The topological polar surface area (TPSA) is 83.4 Å². The maximum atomic E-state index is 14.0. The number of halogens is 2. The average molecular weight is 582 g/mol. The number of anilines is 1. The number of thioether (sulfide) groups is 1. The molecule has 1 N–H and O–H groups in total. The maximum absolute atomic E-state index is 14.0. The van der Waals surface area contributed by atoms with Crippen LogP contribution in [0.3, 0.4) is 0 Å². The highest BCUT2D eigenvalue weighted by atomic mass is 79.9. The number of nitrogens with zero attached hydrogens (tertiary/aromatic N) is 3. The molecule has 1 aliphatic rings. The van der Waals surface area contributed by atoms with Crippen LogP contribution in [0.4, 0.5) is 9.52 Å². The minimum atomic E-state index is -0.903. The largest absolute Gasteiger partial charge is 0.507 e. The van der Waals surface area contributed by atoms with Crippen LogP contribution in [-0.2, 0) is 15.3 Å². The summed E-state index contributed by atoms with van der Waals surface area (Å²) in [4.78, 5) is 27.7. The highest BCUT2D eigenvalue weighted by molar-refractivity contribution is 9.10. The number of hydrogen-bond acceptors (Lipinski definition) is 7. The Labute approximate surface area is 222 Å². The molecular weight excluding hydrogens is 565 g/mol. The summed E-state index contributed by atoms with van der Waals surface area (Å²) in [5, 5.41) is 19.7. The third kappa shape index (κ3) is 4.71. The summed E-state index contributed by atoms with van der Waals surface area (Å²) in [5.74, 6) is -1.85. The number of Topliss-reactive ketones (excluding diaryl/α,β-unsaturated/α-hetero) is 1. The average Bonchev–Trinajstić information content (AvgIpc) is 3.46. The van der Waals surface area contributed by atoms with E-state index < -0.39 is 17.7 Å². The van der Waals surface area contributed by atoms with Crippen molar-refractivity contribution in [3.05, 3.63) is 111 Å². The zero-order valence-corrected chi connectivity index (χ0v) is 21.7. The summed E-state index contributed by atoms with van der Waals surface area (Å²) >= 11 is 5.86. The van der Waals surface area contributed by atoms with E-state index in [1.807, 2.05) is 6.07 Å². The first-order valence-electron chi connectivity index (χ1n) is 10.8. The van der Waals surface area contributed by atoms with E-state index >= 15 is 0 Å². The van der Waals surface area contributed by atoms with Crippen molar-refractivity contribution >= 4 is 61.6 Å². The number of rotatable bonds is 6. The van der Waals surface area contributed by atoms with Gasteiger partial charge in [-0.05, 0) is 29.3 Å². The molecule has 180 valence electrons. The molecule has 1 saturated heterocycles. The van der Waals surface area contributed by atoms with E-state index in [0.717, 1.165) is 15.8 Å². The molecule has 0 bridgehead atoms. The van der Waals surface area contributed by atoms with Crippen LogP contribution in [0.5, 0.6) is 0 Å². The molecule has 1 fully saturated rings. The Morgan fingerprint density at radius 3 is 2.53 bits per heavy atom. The van der Waals surface area contributed by atoms with Gasteiger partial charge in [0.15, 0.2) is 4.34 Å². The van der Waals surface area contributed by atoms with E-state index in [1.54, 1.807) is 66.7 Å². The van der Waals surface area contributed by atoms with Crippen LogP contribution in [-0.4, -0.2) is 27.0 Å². The van der Waals surface area contributed by atoms with Crippen molar-refractivity contribution in [3.8, 4) is 0 Å². The zero-order chi connectivity index (χ0) is 25.2. The first-order chi connectivity index (χ1) is 17.4. The monoisotopic (exact) mass is 581 g/mol. The second-order valence-corrected chi connectivity index (χ2v) is 10.9. The third-order valence-corrected chi connectivity index (χ3v) is 8.16. The van der Waals surface area contributed by atoms with Crippen molar-refractivity contribution in [1.82, 2.24) is 10.2 Å². The Kier molecular flexibility index (Phi) is 6.99. The van der Waals surface area contributed by atoms with Gasteiger partial charge in [-0.15, -0.1) is 10.2 Å². The normalized spacial score (nSPS) is 17.1. The SMILES string of the molecule is O=C1C(=O)N(c2nnc(SCc3ccccc3F)s2)C(c2cccc(Br)c2)/C1=C(/O)c1ccccc1. The first-order valence-corrected chi connectivity index (χ1v) is 13.3. The van der Waals surface area contributed by atoms with Crippen molar-refractivity contribution in [3.63, 3.8) is 0 Å². The minimum Gasteiger partial charge on any atom is -0.507 e. The highest BCUT2D eigenvalue weighted by Gasteiger charge is 2.48. The lowest BCUT2D eigenvalue weighted by Crippen LogP contribution is -2.29. The maximum Gasteiger partial charge on any atom is 0.301 e. The predicted molar refractivity (Wildman–Crippen MR) is 141 cm³/mol. The Bertz CT molecular complexity index is 1490. The van der Waals surface area contributed by atoms with Crippen LogP contribution in [0.15, 0.2) is 93.2 Å². The molecule has 0 radical (unpaired) electrons. The number of ketones is 1. The highest BCUT2D eigenvalue weighted by Crippen LogP contribution is 2.44. The van der Waals surface area contributed by atoms with E-state index in [4.69, 9.17) is 0 Å². The zero-order valence-electron chi connectivity index (χ0n) is 18.5. The fourth-order valence-electron chi connectivity index (χ4n) is 3.89. The van der Waals surface area contributed by atoms with Crippen molar-refractivity contribution < 1.29 is 19.1 Å². The van der Waals surface area contributed by atoms with Gasteiger partial charge in [0, 0.05) is 15.8 Å².